The molecule has 1 aliphatic heterocycles. The Morgan fingerprint density at radius 3 is 2.67 bits per heavy atom. The van der Waals surface area contributed by atoms with Gasteiger partial charge < -0.3 is 24.4 Å². The average molecular weight is 387 g/mol. The number of aliphatic hydroxyl groups excluding tert-OH is 2. The highest BCUT2D eigenvalue weighted by Gasteiger charge is 2.41. The van der Waals surface area contributed by atoms with Crippen molar-refractivity contribution in [3.05, 3.63) is 42.5 Å². The highest BCUT2D eigenvalue weighted by atomic mass is 19.4. The van der Waals surface area contributed by atoms with E-state index in [2.05, 4.69) is 15.0 Å². The first-order valence-corrected chi connectivity index (χ1v) is 7.92. The minimum atomic E-state index is -4.62. The van der Waals surface area contributed by atoms with Gasteiger partial charge in [0.1, 0.15) is 30.6 Å². The number of hydrogen-bond donors (Lipinski definition) is 2. The summed E-state index contributed by atoms with van der Waals surface area (Å²) in [6.07, 6.45) is -5.13. The Labute approximate surface area is 151 Å². The molecule has 2 aromatic heterocycles. The molecule has 0 unspecified atom stereocenters. The second-order valence-electron chi connectivity index (χ2n) is 5.72. The van der Waals surface area contributed by atoms with Crippen LogP contribution in [0.15, 0.2) is 36.8 Å². The number of aliphatic hydroxyl groups is 2. The Morgan fingerprint density at radius 1 is 1.15 bits per heavy atom. The van der Waals surface area contributed by atoms with Crippen LogP contribution in [-0.2, 0) is 10.9 Å². The van der Waals surface area contributed by atoms with Crippen molar-refractivity contribution in [2.75, 3.05) is 13.2 Å². The predicted octanol–water partition coefficient (Wildman–Crippen LogP) is 0.837. The van der Waals surface area contributed by atoms with Gasteiger partial charge in [0.2, 0.25) is 11.8 Å². The van der Waals surface area contributed by atoms with E-state index in [0.717, 1.165) is 12.1 Å². The monoisotopic (exact) mass is 387 g/mol. The summed E-state index contributed by atoms with van der Waals surface area (Å²) in [6.45, 7) is -0.282. The van der Waals surface area contributed by atoms with Crippen LogP contribution in [0.5, 0.6) is 11.8 Å². The molecule has 0 radical (unpaired) electrons. The third-order valence-corrected chi connectivity index (χ3v) is 3.81. The number of pyridine rings is 1. The maximum atomic E-state index is 12.7. The van der Waals surface area contributed by atoms with Crippen molar-refractivity contribution in [1.29, 1.82) is 0 Å². The largest absolute Gasteiger partial charge is 0.474 e. The van der Waals surface area contributed by atoms with Gasteiger partial charge in [0, 0.05) is 18.5 Å². The molecule has 0 saturated carbocycles. The third kappa shape index (κ3) is 4.81. The van der Waals surface area contributed by atoms with Crippen LogP contribution in [0.2, 0.25) is 0 Å². The van der Waals surface area contributed by atoms with E-state index >= 15 is 0 Å². The quantitative estimate of drug-likeness (QED) is 0.777. The fraction of sp³-hybridized carbons (Fsp3) is 0.438. The minimum absolute atomic E-state index is 0.106. The van der Waals surface area contributed by atoms with E-state index in [1.165, 1.54) is 24.7 Å². The van der Waals surface area contributed by atoms with Crippen molar-refractivity contribution in [3.8, 4) is 11.8 Å². The van der Waals surface area contributed by atoms with Crippen molar-refractivity contribution < 1.29 is 37.6 Å². The maximum Gasteiger partial charge on any atom is 0.433 e. The summed E-state index contributed by atoms with van der Waals surface area (Å²) in [6, 6.07) is 3.15. The summed E-state index contributed by atoms with van der Waals surface area (Å²) < 4.78 is 54.1. The lowest BCUT2D eigenvalue weighted by atomic mass is 10.0. The van der Waals surface area contributed by atoms with Crippen LogP contribution in [-0.4, -0.2) is 62.8 Å². The van der Waals surface area contributed by atoms with E-state index in [9.17, 15) is 23.4 Å². The zero-order valence-electron chi connectivity index (χ0n) is 13.8. The first-order valence-electron chi connectivity index (χ1n) is 7.92. The Bertz CT molecular complexity index is 750. The number of nitrogens with zero attached hydrogens (tertiary/aromatic N) is 3. The molecule has 3 heterocycles. The van der Waals surface area contributed by atoms with Gasteiger partial charge in [-0.05, 0) is 6.07 Å². The molecule has 1 aliphatic rings. The smallest absolute Gasteiger partial charge is 0.433 e. The Hall–Kier alpha value is -2.50. The SMILES string of the molecule is O[C@@H]1[C@H](O)[C@@H](Oc2cccc(C(F)(F)F)n2)CO[C@@H]1COc1cnccn1. The summed E-state index contributed by atoms with van der Waals surface area (Å²) in [4.78, 5) is 11.1. The molecule has 0 aromatic carbocycles. The third-order valence-electron chi connectivity index (χ3n) is 3.81. The average Bonchev–Trinajstić information content (AvgIpc) is 2.65. The molecule has 11 heteroatoms. The molecule has 0 amide bonds. The van der Waals surface area contributed by atoms with Gasteiger partial charge in [-0.25, -0.2) is 9.97 Å². The van der Waals surface area contributed by atoms with Crippen LogP contribution >= 0.6 is 0 Å². The first kappa shape index (κ1) is 19.3. The molecule has 2 N–H and O–H groups in total. The molecule has 4 atom stereocenters. The van der Waals surface area contributed by atoms with Crippen LogP contribution in [0.1, 0.15) is 5.69 Å². The fourth-order valence-corrected chi connectivity index (χ4v) is 2.43. The van der Waals surface area contributed by atoms with Gasteiger partial charge in [-0.2, -0.15) is 13.2 Å². The zero-order chi connectivity index (χ0) is 19.4. The summed E-state index contributed by atoms with van der Waals surface area (Å²) in [5.74, 6) is -0.117. The van der Waals surface area contributed by atoms with Gasteiger partial charge in [-0.3, -0.25) is 4.98 Å². The highest BCUT2D eigenvalue weighted by Crippen LogP contribution is 2.29. The number of aromatic nitrogens is 3. The van der Waals surface area contributed by atoms with E-state index in [1.807, 2.05) is 0 Å². The van der Waals surface area contributed by atoms with E-state index < -0.39 is 36.3 Å². The van der Waals surface area contributed by atoms with Crippen LogP contribution in [0, 0.1) is 0 Å². The van der Waals surface area contributed by atoms with E-state index in [4.69, 9.17) is 14.2 Å². The standard InChI is InChI=1S/C16H16F3N3O5/c17-16(18,19)11-2-1-3-12(22-11)27-10-8-25-9(14(23)15(10)24)7-26-13-6-20-4-5-21-13/h1-6,9-10,14-15,23-24H,7-8H2/t9-,10+,14+,15-/m1/s1. The van der Waals surface area contributed by atoms with Crippen molar-refractivity contribution in [2.45, 2.75) is 30.6 Å². The summed E-state index contributed by atoms with van der Waals surface area (Å²) >= 11 is 0. The van der Waals surface area contributed by atoms with E-state index in [0.29, 0.717) is 0 Å². The van der Waals surface area contributed by atoms with Crippen LogP contribution in [0.3, 0.4) is 0 Å². The Morgan fingerprint density at radius 2 is 1.96 bits per heavy atom. The normalized spacial score (nSPS) is 25.8. The van der Waals surface area contributed by atoms with Crippen molar-refractivity contribution in [2.24, 2.45) is 0 Å². The van der Waals surface area contributed by atoms with Gasteiger partial charge in [0.05, 0.1) is 12.8 Å². The molecule has 3 rings (SSSR count). The maximum absolute atomic E-state index is 12.7. The van der Waals surface area contributed by atoms with E-state index in [1.54, 1.807) is 0 Å². The number of hydrogen-bond acceptors (Lipinski definition) is 8. The van der Waals surface area contributed by atoms with Gasteiger partial charge in [-0.1, -0.05) is 6.07 Å². The molecule has 27 heavy (non-hydrogen) atoms. The number of halogens is 3. The lowest BCUT2D eigenvalue weighted by Gasteiger charge is -2.37. The zero-order valence-corrected chi connectivity index (χ0v) is 13.8. The Kier molecular flexibility index (Phi) is 5.73. The lowest BCUT2D eigenvalue weighted by molar-refractivity contribution is -0.187. The molecule has 2 aromatic rings. The van der Waals surface area contributed by atoms with Crippen LogP contribution in [0.25, 0.3) is 0 Å². The lowest BCUT2D eigenvalue weighted by Crippen LogP contribution is -2.56. The summed E-state index contributed by atoms with van der Waals surface area (Å²) in [5, 5.41) is 20.4. The fourth-order valence-electron chi connectivity index (χ4n) is 2.43. The minimum Gasteiger partial charge on any atom is -0.474 e. The van der Waals surface area contributed by atoms with Gasteiger partial charge in [0.15, 0.2) is 6.10 Å². The topological polar surface area (TPSA) is 107 Å². The van der Waals surface area contributed by atoms with Gasteiger partial charge in [-0.15, -0.1) is 0 Å². The second kappa shape index (κ2) is 8.03. The summed E-state index contributed by atoms with van der Waals surface area (Å²) in [5.41, 5.74) is -1.12. The molecule has 0 spiro atoms. The van der Waals surface area contributed by atoms with Crippen molar-refractivity contribution >= 4 is 0 Å². The molecule has 0 aliphatic carbocycles. The molecular formula is C16H16F3N3O5. The molecule has 1 fully saturated rings. The first-order chi connectivity index (χ1) is 12.8. The second-order valence-corrected chi connectivity index (χ2v) is 5.72. The molecule has 1 saturated heterocycles. The Balaban J connectivity index is 1.59. The van der Waals surface area contributed by atoms with Gasteiger partial charge >= 0.3 is 6.18 Å². The molecule has 8 nitrogen and oxygen atoms in total. The van der Waals surface area contributed by atoms with Gasteiger partial charge in [0.25, 0.3) is 0 Å². The van der Waals surface area contributed by atoms with E-state index in [-0.39, 0.29) is 25.0 Å². The number of rotatable bonds is 5. The molecule has 146 valence electrons. The van der Waals surface area contributed by atoms with Crippen molar-refractivity contribution in [1.82, 2.24) is 15.0 Å². The number of alkyl halides is 3. The number of ether oxygens (including phenoxy) is 3. The summed E-state index contributed by atoms with van der Waals surface area (Å²) in [7, 11) is 0. The van der Waals surface area contributed by atoms with Crippen molar-refractivity contribution in [3.63, 3.8) is 0 Å². The highest BCUT2D eigenvalue weighted by molar-refractivity contribution is 5.18. The molecular weight excluding hydrogens is 371 g/mol. The van der Waals surface area contributed by atoms with Crippen LogP contribution in [0.4, 0.5) is 13.2 Å². The molecule has 0 bridgehead atoms. The predicted molar refractivity (Wildman–Crippen MR) is 82.9 cm³/mol. The van der Waals surface area contributed by atoms with Crippen LogP contribution < -0.4 is 9.47 Å².